The van der Waals surface area contributed by atoms with Gasteiger partial charge in [-0.05, 0) is 12.0 Å². The normalized spacial score (nSPS) is 22.4. The van der Waals surface area contributed by atoms with Crippen molar-refractivity contribution in [2.45, 2.75) is 24.6 Å². The van der Waals surface area contributed by atoms with Gasteiger partial charge in [-0.25, -0.2) is 21.1 Å². The van der Waals surface area contributed by atoms with E-state index >= 15 is 0 Å². The summed E-state index contributed by atoms with van der Waals surface area (Å²) in [6.45, 7) is -0.0997. The zero-order valence-corrected chi connectivity index (χ0v) is 20.6. The van der Waals surface area contributed by atoms with Crippen molar-refractivity contribution < 1.29 is 98.8 Å². The summed E-state index contributed by atoms with van der Waals surface area (Å²) in [5.41, 5.74) is 0.0699. The van der Waals surface area contributed by atoms with Gasteiger partial charge in [-0.1, -0.05) is 30.3 Å². The van der Waals surface area contributed by atoms with Gasteiger partial charge in [-0.15, -0.1) is 0 Å². The molecule has 1 aromatic carbocycles. The summed E-state index contributed by atoms with van der Waals surface area (Å²) in [6.07, 6.45) is -1.79. The Labute approximate surface area is 205 Å². The number of benzene rings is 1. The summed E-state index contributed by atoms with van der Waals surface area (Å²) in [7, 11) is -10.2. The summed E-state index contributed by atoms with van der Waals surface area (Å²) in [6, 6.07) is 5.07. The quantitative estimate of drug-likeness (QED) is 0.183. The van der Waals surface area contributed by atoms with Crippen LogP contribution in [0.4, 0.5) is 0 Å². The summed E-state index contributed by atoms with van der Waals surface area (Å²) in [4.78, 5) is 25.6. The van der Waals surface area contributed by atoms with Crippen molar-refractivity contribution in [3.05, 3.63) is 35.9 Å². The van der Waals surface area contributed by atoms with Gasteiger partial charge >= 0.3 is 59.1 Å². The Morgan fingerprint density at radius 2 is 1.68 bits per heavy atom. The molecule has 15 heteroatoms. The molecule has 28 heavy (non-hydrogen) atoms. The topological polar surface area (TPSA) is 164 Å². The summed E-state index contributed by atoms with van der Waals surface area (Å²) in [5.74, 6) is -2.06. The van der Waals surface area contributed by atoms with E-state index in [0.29, 0.717) is 0 Å². The van der Waals surface area contributed by atoms with E-state index in [1.54, 1.807) is 6.07 Å². The molecule has 2 heterocycles. The predicted octanol–water partition coefficient (Wildman–Crippen LogP) is -7.52. The number of carbonyl (C=O) groups is 2. The molecule has 2 fully saturated rings. The molecule has 3 atom stereocenters. The molecule has 0 N–H and O–H groups in total. The third kappa shape index (κ3) is 5.16. The molecule has 0 bridgehead atoms. The minimum Gasteiger partial charge on any atom is -0.731 e. The number of amides is 2. The van der Waals surface area contributed by atoms with E-state index in [9.17, 15) is 35.5 Å². The van der Waals surface area contributed by atoms with E-state index < -0.39 is 50.7 Å². The Hall–Kier alpha value is -0.0600. The number of β-lactam (4-membered cyclic amide) rings is 1. The van der Waals surface area contributed by atoms with E-state index in [4.69, 9.17) is 0 Å². The molecule has 11 nitrogen and oxygen atoms in total. The number of rotatable bonds is 5. The first-order valence-corrected chi connectivity index (χ1v) is 9.99. The molecule has 2 amide bonds. The van der Waals surface area contributed by atoms with Crippen LogP contribution in [-0.4, -0.2) is 65.6 Å². The van der Waals surface area contributed by atoms with E-state index in [1.165, 1.54) is 24.3 Å². The van der Waals surface area contributed by atoms with Gasteiger partial charge in [-0.2, -0.15) is 0 Å². The second-order valence-electron chi connectivity index (χ2n) is 5.72. The van der Waals surface area contributed by atoms with E-state index in [0.717, 1.165) is 4.90 Å². The number of likely N-dealkylation sites (tertiary alicyclic amines) is 1. The second kappa shape index (κ2) is 9.39. The van der Waals surface area contributed by atoms with Crippen molar-refractivity contribution in [2.24, 2.45) is 0 Å². The molecule has 0 saturated carbocycles. The van der Waals surface area contributed by atoms with Gasteiger partial charge in [-0.3, -0.25) is 13.8 Å². The Bertz CT molecular complexity index is 955. The van der Waals surface area contributed by atoms with Crippen molar-refractivity contribution >= 4 is 32.5 Å². The zero-order chi connectivity index (χ0) is 19.3. The van der Waals surface area contributed by atoms with Crippen LogP contribution in [0.5, 0.6) is 0 Å². The van der Waals surface area contributed by atoms with Crippen LogP contribution < -0.4 is 59.1 Å². The second-order valence-corrected chi connectivity index (χ2v) is 7.98. The molecule has 2 saturated heterocycles. The van der Waals surface area contributed by atoms with Gasteiger partial charge in [0.25, 0.3) is 11.8 Å². The average molecular weight is 450 g/mol. The monoisotopic (exact) mass is 450 g/mol. The van der Waals surface area contributed by atoms with Gasteiger partial charge in [0.05, 0.1) is 6.04 Å². The Morgan fingerprint density at radius 1 is 1.11 bits per heavy atom. The summed E-state index contributed by atoms with van der Waals surface area (Å²) in [5, 5.41) is 0. The standard InChI is InChI=1S/C13H14N2O9S2.2Na/c16-12-10-9(15(12)25(18,19)20)6-7-14(10)13(17)11(24-26(21,22)23)8-4-2-1-3-5-8;;/h1-5,9-11H,6-7H2,(H,18,19,20)(H,21,22,23);;/q;2*+1/p-2/t9-,10+,11-;;/m1../s1. The van der Waals surface area contributed by atoms with Crippen LogP contribution in [0.3, 0.4) is 0 Å². The van der Waals surface area contributed by atoms with Crippen molar-refractivity contribution in [1.82, 2.24) is 9.21 Å². The molecular formula is C13H12N2Na2O9S2. The summed E-state index contributed by atoms with van der Waals surface area (Å²) >= 11 is 0. The number of nitrogens with zero attached hydrogens (tertiary/aromatic N) is 2. The van der Waals surface area contributed by atoms with Gasteiger partial charge < -0.3 is 14.0 Å². The van der Waals surface area contributed by atoms with Crippen molar-refractivity contribution in [2.75, 3.05) is 6.54 Å². The smallest absolute Gasteiger partial charge is 0.731 e. The fourth-order valence-corrected chi connectivity index (χ4v) is 4.50. The molecule has 0 radical (unpaired) electrons. The molecule has 2 aliphatic heterocycles. The van der Waals surface area contributed by atoms with Crippen molar-refractivity contribution in [1.29, 1.82) is 0 Å². The molecule has 1 aromatic rings. The first kappa shape index (κ1) is 26.0. The van der Waals surface area contributed by atoms with Crippen LogP contribution in [-0.2, 0) is 34.5 Å². The largest absolute Gasteiger partial charge is 1.00 e. The molecular weight excluding hydrogens is 438 g/mol. The van der Waals surface area contributed by atoms with Crippen LogP contribution >= 0.6 is 0 Å². The third-order valence-corrected chi connectivity index (χ3v) is 5.56. The fourth-order valence-electron chi connectivity index (χ4n) is 3.19. The number of carbonyl (C=O) groups excluding carboxylic acids is 2. The first-order chi connectivity index (χ1) is 12.0. The maximum atomic E-state index is 12.7. The Kier molecular flexibility index (Phi) is 8.71. The van der Waals surface area contributed by atoms with Crippen molar-refractivity contribution in [3.8, 4) is 0 Å². The zero-order valence-electron chi connectivity index (χ0n) is 14.9. The van der Waals surface area contributed by atoms with Crippen LogP contribution in [0.2, 0.25) is 0 Å². The maximum Gasteiger partial charge on any atom is 1.00 e. The molecule has 142 valence electrons. The molecule has 0 aliphatic carbocycles. The number of hydrogen-bond donors (Lipinski definition) is 0. The SMILES string of the molecule is O=C([C@H](OS(=O)(=O)[O-])c1ccccc1)N1CC[C@@H]2[C@H]1C(=O)N2S(=O)(=O)[O-].[Na+].[Na+]. The molecule has 0 aromatic heterocycles. The molecule has 0 unspecified atom stereocenters. The summed E-state index contributed by atoms with van der Waals surface area (Å²) < 4.78 is 70.8. The first-order valence-electron chi connectivity index (χ1n) is 7.29. The van der Waals surface area contributed by atoms with Gasteiger partial charge in [0.2, 0.25) is 10.4 Å². The molecule has 0 spiro atoms. The minimum atomic E-state index is -5.25. The third-order valence-electron chi connectivity index (χ3n) is 4.20. The predicted molar refractivity (Wildman–Crippen MR) is 80.4 cm³/mol. The Morgan fingerprint density at radius 3 is 2.18 bits per heavy atom. The van der Waals surface area contributed by atoms with Crippen LogP contribution in [0.25, 0.3) is 0 Å². The molecule has 3 rings (SSSR count). The van der Waals surface area contributed by atoms with Crippen LogP contribution in [0.15, 0.2) is 30.3 Å². The average Bonchev–Trinajstić information content (AvgIpc) is 2.89. The van der Waals surface area contributed by atoms with Gasteiger partial charge in [0.15, 0.2) is 16.4 Å². The number of fused-ring (bicyclic) bond motifs is 1. The Balaban J connectivity index is 0.00000196. The fraction of sp³-hybridized carbons (Fsp3) is 0.385. The van der Waals surface area contributed by atoms with Gasteiger partial charge in [0, 0.05) is 6.54 Å². The minimum absolute atomic E-state index is 0. The van der Waals surface area contributed by atoms with Gasteiger partial charge in [0.1, 0.15) is 6.04 Å². The maximum absolute atomic E-state index is 12.7. The van der Waals surface area contributed by atoms with Crippen LogP contribution in [0, 0.1) is 0 Å². The van der Waals surface area contributed by atoms with E-state index in [1.807, 2.05) is 0 Å². The number of hydrogen-bond acceptors (Lipinski definition) is 9. The van der Waals surface area contributed by atoms with E-state index in [2.05, 4.69) is 4.18 Å². The molecule has 2 aliphatic rings. The van der Waals surface area contributed by atoms with E-state index in [-0.39, 0.29) is 81.9 Å². The van der Waals surface area contributed by atoms with Crippen molar-refractivity contribution in [3.63, 3.8) is 0 Å². The van der Waals surface area contributed by atoms with Crippen LogP contribution in [0.1, 0.15) is 18.1 Å².